The number of aromatic nitrogens is 2. The van der Waals surface area contributed by atoms with Crippen LogP contribution in [0.15, 0.2) is 24.3 Å². The number of rotatable bonds is 3. The maximum Gasteiger partial charge on any atom is 0.326 e. The van der Waals surface area contributed by atoms with Crippen molar-refractivity contribution in [2.75, 3.05) is 11.4 Å². The number of carboxylic acids is 1. The zero-order chi connectivity index (χ0) is 17.7. The minimum absolute atomic E-state index is 0.393. The van der Waals surface area contributed by atoms with Gasteiger partial charge in [-0.15, -0.1) is 0 Å². The Labute approximate surface area is 153 Å². The largest absolute Gasteiger partial charge is 0.480 e. The smallest absolute Gasteiger partial charge is 0.326 e. The van der Waals surface area contributed by atoms with Crippen LogP contribution in [0.25, 0.3) is 11.0 Å². The fraction of sp³-hybridized carbons (Fsp3) is 0.600. The van der Waals surface area contributed by atoms with Crippen LogP contribution in [0.1, 0.15) is 51.0 Å². The lowest BCUT2D eigenvalue weighted by molar-refractivity contribution is -0.138. The van der Waals surface area contributed by atoms with Crippen LogP contribution >= 0.6 is 0 Å². The average molecular weight is 354 g/mol. The van der Waals surface area contributed by atoms with Crippen LogP contribution in [-0.2, 0) is 4.79 Å². The monoisotopic (exact) mass is 354 g/mol. The average Bonchev–Trinajstić information content (AvgIpc) is 3.25. The first-order chi connectivity index (χ1) is 12.7. The molecule has 3 aliphatic heterocycles. The SMILES string of the molecule is O=C(O)C1CCCN1c1nc2ccccc2n1C1CC2CCCC(C1)N2. The van der Waals surface area contributed by atoms with Gasteiger partial charge in [-0.25, -0.2) is 9.78 Å². The third-order valence-corrected chi connectivity index (χ3v) is 6.43. The summed E-state index contributed by atoms with van der Waals surface area (Å²) in [6.07, 6.45) is 7.64. The highest BCUT2D eigenvalue weighted by molar-refractivity contribution is 5.82. The number of nitrogens with one attached hydrogen (secondary N) is 1. The molecule has 3 unspecified atom stereocenters. The second-order valence-electron chi connectivity index (χ2n) is 8.08. The van der Waals surface area contributed by atoms with Crippen LogP contribution in [0, 0.1) is 0 Å². The van der Waals surface area contributed by atoms with Crippen molar-refractivity contribution in [3.8, 4) is 0 Å². The molecule has 3 atom stereocenters. The molecule has 2 N–H and O–H groups in total. The fourth-order valence-corrected chi connectivity index (χ4v) is 5.30. The number of aliphatic carboxylic acids is 1. The molecule has 3 fully saturated rings. The van der Waals surface area contributed by atoms with Crippen molar-refractivity contribution in [3.05, 3.63) is 24.3 Å². The summed E-state index contributed by atoms with van der Waals surface area (Å²) >= 11 is 0. The molecule has 6 heteroatoms. The molecule has 2 aromatic rings. The highest BCUT2D eigenvalue weighted by Crippen LogP contribution is 2.39. The van der Waals surface area contributed by atoms with E-state index in [0.29, 0.717) is 24.5 Å². The van der Waals surface area contributed by atoms with Gasteiger partial charge in [-0.1, -0.05) is 18.6 Å². The minimum Gasteiger partial charge on any atom is -0.480 e. The van der Waals surface area contributed by atoms with Gasteiger partial charge in [-0.3, -0.25) is 0 Å². The van der Waals surface area contributed by atoms with Gasteiger partial charge in [0.1, 0.15) is 6.04 Å². The van der Waals surface area contributed by atoms with E-state index in [0.717, 1.165) is 42.8 Å². The number of nitrogens with zero attached hydrogens (tertiary/aromatic N) is 3. The Bertz CT molecular complexity index is 820. The van der Waals surface area contributed by atoms with E-state index < -0.39 is 12.0 Å². The third kappa shape index (κ3) is 2.58. The van der Waals surface area contributed by atoms with E-state index in [1.165, 1.54) is 19.3 Å². The van der Waals surface area contributed by atoms with Gasteiger partial charge in [0.25, 0.3) is 0 Å². The number of fused-ring (bicyclic) bond motifs is 3. The standard InChI is InChI=1S/C20H26N4O2/c25-19(26)18-9-4-10-23(18)20-22-16-7-1-2-8-17(16)24(20)15-11-13-5-3-6-14(12-15)21-13/h1-2,7-8,13-15,18,21H,3-6,9-12H2,(H,25,26). The number of hydrogen-bond donors (Lipinski definition) is 2. The number of imidazole rings is 1. The molecule has 0 radical (unpaired) electrons. The van der Waals surface area contributed by atoms with Crippen LogP contribution in [0.4, 0.5) is 5.95 Å². The van der Waals surface area contributed by atoms with Gasteiger partial charge in [0.2, 0.25) is 5.95 Å². The quantitative estimate of drug-likeness (QED) is 0.887. The molecule has 2 bridgehead atoms. The number of piperidine rings is 2. The zero-order valence-corrected chi connectivity index (χ0v) is 15.0. The number of benzene rings is 1. The number of anilines is 1. The van der Waals surface area contributed by atoms with Gasteiger partial charge in [-0.2, -0.15) is 0 Å². The Morgan fingerprint density at radius 3 is 2.65 bits per heavy atom. The van der Waals surface area contributed by atoms with Crippen molar-refractivity contribution < 1.29 is 9.90 Å². The van der Waals surface area contributed by atoms with E-state index in [1.54, 1.807) is 0 Å². The van der Waals surface area contributed by atoms with Crippen molar-refractivity contribution in [1.29, 1.82) is 0 Å². The molecule has 0 amide bonds. The molecule has 1 aromatic heterocycles. The highest BCUT2D eigenvalue weighted by Gasteiger charge is 2.38. The molecule has 5 rings (SSSR count). The molecule has 3 saturated heterocycles. The van der Waals surface area contributed by atoms with Crippen LogP contribution in [0.5, 0.6) is 0 Å². The lowest BCUT2D eigenvalue weighted by Crippen LogP contribution is -2.49. The normalized spacial score (nSPS) is 31.5. The second-order valence-corrected chi connectivity index (χ2v) is 8.08. The maximum absolute atomic E-state index is 11.8. The number of para-hydroxylation sites is 2. The van der Waals surface area contributed by atoms with Gasteiger partial charge < -0.3 is 19.9 Å². The summed E-state index contributed by atoms with van der Waals surface area (Å²) in [4.78, 5) is 18.7. The van der Waals surface area contributed by atoms with Crippen molar-refractivity contribution in [2.24, 2.45) is 0 Å². The summed E-state index contributed by atoms with van der Waals surface area (Å²) in [6, 6.07) is 9.35. The van der Waals surface area contributed by atoms with E-state index in [-0.39, 0.29) is 0 Å². The van der Waals surface area contributed by atoms with Gasteiger partial charge >= 0.3 is 5.97 Å². The first-order valence-electron chi connectivity index (χ1n) is 9.93. The van der Waals surface area contributed by atoms with E-state index in [2.05, 4.69) is 22.0 Å². The predicted octanol–water partition coefficient (Wildman–Crippen LogP) is 2.94. The van der Waals surface area contributed by atoms with Gasteiger partial charge in [0.15, 0.2) is 0 Å². The van der Waals surface area contributed by atoms with Crippen LogP contribution in [-0.4, -0.2) is 45.3 Å². The number of carbonyl (C=O) groups is 1. The summed E-state index contributed by atoms with van der Waals surface area (Å²) < 4.78 is 2.36. The van der Waals surface area contributed by atoms with Gasteiger partial charge in [-0.05, 0) is 50.7 Å². The maximum atomic E-state index is 11.8. The second kappa shape index (κ2) is 6.27. The van der Waals surface area contributed by atoms with Crippen LogP contribution in [0.2, 0.25) is 0 Å². The predicted molar refractivity (Wildman–Crippen MR) is 101 cm³/mol. The molecular weight excluding hydrogens is 328 g/mol. The lowest BCUT2D eigenvalue weighted by Gasteiger charge is -2.41. The van der Waals surface area contributed by atoms with Crippen molar-refractivity contribution in [2.45, 2.75) is 69.1 Å². The highest BCUT2D eigenvalue weighted by atomic mass is 16.4. The summed E-state index contributed by atoms with van der Waals surface area (Å²) in [5.74, 6) is 0.129. The van der Waals surface area contributed by atoms with Gasteiger partial charge in [0, 0.05) is 24.7 Å². The molecule has 1 aromatic carbocycles. The van der Waals surface area contributed by atoms with Gasteiger partial charge in [0.05, 0.1) is 11.0 Å². The Kier molecular flexibility index (Phi) is 3.89. The molecule has 0 spiro atoms. The lowest BCUT2D eigenvalue weighted by atomic mass is 9.84. The molecule has 4 heterocycles. The molecule has 26 heavy (non-hydrogen) atoms. The van der Waals surface area contributed by atoms with Crippen LogP contribution in [0.3, 0.4) is 0 Å². The zero-order valence-electron chi connectivity index (χ0n) is 15.0. The Morgan fingerprint density at radius 2 is 1.88 bits per heavy atom. The Hall–Kier alpha value is -2.08. The Morgan fingerprint density at radius 1 is 1.12 bits per heavy atom. The van der Waals surface area contributed by atoms with Crippen LogP contribution < -0.4 is 10.2 Å². The minimum atomic E-state index is -0.733. The third-order valence-electron chi connectivity index (χ3n) is 6.43. The topological polar surface area (TPSA) is 70.4 Å². The summed E-state index contributed by atoms with van der Waals surface area (Å²) in [5.41, 5.74) is 2.12. The first kappa shape index (κ1) is 16.1. The van der Waals surface area contributed by atoms with E-state index in [9.17, 15) is 9.90 Å². The molecule has 0 aliphatic carbocycles. The van der Waals surface area contributed by atoms with E-state index >= 15 is 0 Å². The summed E-state index contributed by atoms with van der Waals surface area (Å²) in [5, 5.41) is 13.4. The Balaban J connectivity index is 1.60. The molecule has 138 valence electrons. The van der Waals surface area contributed by atoms with Crippen molar-refractivity contribution in [3.63, 3.8) is 0 Å². The first-order valence-corrected chi connectivity index (χ1v) is 9.93. The number of carboxylic acid groups (broad SMARTS) is 1. The molecule has 6 nitrogen and oxygen atoms in total. The van der Waals surface area contributed by atoms with E-state index in [1.807, 2.05) is 17.0 Å². The summed E-state index contributed by atoms with van der Waals surface area (Å²) in [6.45, 7) is 0.776. The molecule has 3 aliphatic rings. The molecule has 0 saturated carbocycles. The number of hydrogen-bond acceptors (Lipinski definition) is 4. The van der Waals surface area contributed by atoms with E-state index in [4.69, 9.17) is 4.98 Å². The van der Waals surface area contributed by atoms with Crippen molar-refractivity contribution in [1.82, 2.24) is 14.9 Å². The van der Waals surface area contributed by atoms with Crippen molar-refractivity contribution >= 4 is 23.0 Å². The summed E-state index contributed by atoms with van der Waals surface area (Å²) in [7, 11) is 0. The fourth-order valence-electron chi connectivity index (χ4n) is 5.30. The molecular formula is C20H26N4O2.